The molecule has 1 aromatic carbocycles. The summed E-state index contributed by atoms with van der Waals surface area (Å²) < 4.78 is 41.9. The molecule has 6 nitrogen and oxygen atoms in total. The maximum atomic E-state index is 14.0. The Kier molecular flexibility index (Phi) is 6.70. The third-order valence-electron chi connectivity index (χ3n) is 7.43. The van der Waals surface area contributed by atoms with Gasteiger partial charge in [0.05, 0.1) is 11.7 Å². The van der Waals surface area contributed by atoms with Crippen molar-refractivity contribution in [1.82, 2.24) is 10.2 Å². The molecule has 1 aromatic rings. The Hall–Kier alpha value is -1.84. The van der Waals surface area contributed by atoms with Gasteiger partial charge in [0.15, 0.2) is 0 Å². The van der Waals surface area contributed by atoms with Crippen LogP contribution in [-0.2, 0) is 11.0 Å². The van der Waals surface area contributed by atoms with Gasteiger partial charge >= 0.3 is 6.18 Å². The minimum Gasteiger partial charge on any atom is -0.396 e. The number of likely N-dealkylation sites (tertiary alicyclic amines) is 1. The molecule has 2 atom stereocenters. The van der Waals surface area contributed by atoms with E-state index >= 15 is 0 Å². The maximum absolute atomic E-state index is 14.0. The van der Waals surface area contributed by atoms with Crippen molar-refractivity contribution in [2.75, 3.05) is 50.8 Å². The van der Waals surface area contributed by atoms with Gasteiger partial charge in [-0.15, -0.1) is 0 Å². The number of carbonyl (C=O) groups is 1. The maximum Gasteiger partial charge on any atom is 0.416 e. The zero-order chi connectivity index (χ0) is 22.9. The number of aliphatic hydroxyl groups is 2. The fourth-order valence-corrected chi connectivity index (χ4v) is 5.07. The summed E-state index contributed by atoms with van der Waals surface area (Å²) in [7, 11) is 0. The van der Waals surface area contributed by atoms with Gasteiger partial charge in [-0.25, -0.2) is 0 Å². The first-order chi connectivity index (χ1) is 15.2. The molecule has 4 rings (SSSR count). The van der Waals surface area contributed by atoms with E-state index in [1.165, 1.54) is 6.07 Å². The van der Waals surface area contributed by atoms with Crippen LogP contribution in [0.4, 0.5) is 18.9 Å². The molecule has 1 spiro atoms. The third kappa shape index (κ3) is 5.05. The summed E-state index contributed by atoms with van der Waals surface area (Å²) in [6, 6.07) is 4.28. The minimum atomic E-state index is -4.54. The van der Waals surface area contributed by atoms with Crippen LogP contribution < -0.4 is 10.2 Å². The molecule has 3 N–H and O–H groups in total. The summed E-state index contributed by atoms with van der Waals surface area (Å²) in [6.45, 7) is 2.76. The number of anilines is 1. The Bertz CT molecular complexity index is 828. The molecular formula is C23H32F3N3O3. The summed E-state index contributed by atoms with van der Waals surface area (Å²) in [4.78, 5) is 15.4. The Morgan fingerprint density at radius 2 is 1.97 bits per heavy atom. The van der Waals surface area contributed by atoms with Crippen molar-refractivity contribution in [3.63, 3.8) is 0 Å². The van der Waals surface area contributed by atoms with E-state index < -0.39 is 17.7 Å². The smallest absolute Gasteiger partial charge is 0.396 e. The molecule has 1 aliphatic carbocycles. The Morgan fingerprint density at radius 1 is 1.19 bits per heavy atom. The first-order valence-corrected chi connectivity index (χ1v) is 11.5. The lowest BCUT2D eigenvalue weighted by molar-refractivity contribution is -0.138. The predicted molar refractivity (Wildman–Crippen MR) is 114 cm³/mol. The first kappa shape index (κ1) is 23.3. The van der Waals surface area contributed by atoms with Crippen LogP contribution in [-0.4, -0.2) is 73.0 Å². The number of benzene rings is 1. The fourth-order valence-electron chi connectivity index (χ4n) is 5.07. The van der Waals surface area contributed by atoms with E-state index in [0.29, 0.717) is 44.8 Å². The zero-order valence-electron chi connectivity index (χ0n) is 18.2. The molecule has 2 aliphatic heterocycles. The predicted octanol–water partition coefficient (Wildman–Crippen LogP) is 2.34. The Labute approximate surface area is 186 Å². The number of nitrogens with one attached hydrogen (secondary N) is 1. The van der Waals surface area contributed by atoms with Crippen LogP contribution in [0.5, 0.6) is 0 Å². The topological polar surface area (TPSA) is 76.0 Å². The number of alkyl halides is 3. The molecule has 3 aliphatic rings. The first-order valence-electron chi connectivity index (χ1n) is 11.5. The number of β-amino-alcohol motifs (C(OH)–C–C–N with tert-alkyl or cyclic N) is 1. The second-order valence-corrected chi connectivity index (χ2v) is 9.45. The monoisotopic (exact) mass is 455 g/mol. The Balaban J connectivity index is 1.48. The molecule has 0 unspecified atom stereocenters. The molecule has 1 saturated carbocycles. The van der Waals surface area contributed by atoms with Crippen molar-refractivity contribution in [1.29, 1.82) is 0 Å². The SMILES string of the molecule is O=C1CCN(c2ccc([C@H](CO)CCN3CCC4(CC4)[C@H](O)C3)c(C(F)(F)F)c2)CCN1. The van der Waals surface area contributed by atoms with Gasteiger partial charge in [0.25, 0.3) is 0 Å². The lowest BCUT2D eigenvalue weighted by Crippen LogP contribution is -2.45. The van der Waals surface area contributed by atoms with Gasteiger partial charge in [-0.2, -0.15) is 13.2 Å². The van der Waals surface area contributed by atoms with Crippen LogP contribution >= 0.6 is 0 Å². The van der Waals surface area contributed by atoms with Crippen LogP contribution in [0.25, 0.3) is 0 Å². The van der Waals surface area contributed by atoms with Crippen molar-refractivity contribution in [3.05, 3.63) is 29.3 Å². The van der Waals surface area contributed by atoms with Gasteiger partial charge in [0.2, 0.25) is 5.91 Å². The molecule has 178 valence electrons. The lowest BCUT2D eigenvalue weighted by atomic mass is 9.88. The molecule has 3 fully saturated rings. The van der Waals surface area contributed by atoms with Gasteiger partial charge in [-0.1, -0.05) is 6.07 Å². The minimum absolute atomic E-state index is 0.0830. The number of piperidine rings is 1. The van der Waals surface area contributed by atoms with Crippen LogP contribution in [0, 0.1) is 5.41 Å². The third-order valence-corrected chi connectivity index (χ3v) is 7.43. The number of hydrogen-bond donors (Lipinski definition) is 3. The average Bonchev–Trinajstić information content (AvgIpc) is 3.56. The van der Waals surface area contributed by atoms with E-state index in [4.69, 9.17) is 0 Å². The molecule has 9 heteroatoms. The van der Waals surface area contributed by atoms with Crippen molar-refractivity contribution >= 4 is 11.6 Å². The number of halogens is 3. The lowest BCUT2D eigenvalue weighted by Gasteiger charge is -2.37. The molecule has 0 aromatic heterocycles. The molecule has 0 bridgehead atoms. The van der Waals surface area contributed by atoms with Crippen LogP contribution in [0.3, 0.4) is 0 Å². The number of nitrogens with zero attached hydrogens (tertiary/aromatic N) is 2. The standard InChI is InChI=1S/C23H32F3N3O3/c24-23(25,26)19-13-17(29-10-4-21(32)27-8-12-29)1-2-18(19)16(15-30)3-9-28-11-7-22(5-6-22)20(31)14-28/h1-2,13,16,20,30-31H,3-12,14-15H2,(H,27,32)/t16-,20+/m0/s1. The quantitative estimate of drug-likeness (QED) is 0.614. The normalized spacial score (nSPS) is 24.8. The number of rotatable bonds is 6. The molecule has 32 heavy (non-hydrogen) atoms. The molecule has 1 amide bonds. The highest BCUT2D eigenvalue weighted by Crippen LogP contribution is 2.53. The molecule has 2 heterocycles. The van der Waals surface area contributed by atoms with E-state index in [2.05, 4.69) is 10.2 Å². The van der Waals surface area contributed by atoms with Gasteiger partial charge in [-0.05, 0) is 61.9 Å². The second-order valence-electron chi connectivity index (χ2n) is 9.45. The summed E-state index contributed by atoms with van der Waals surface area (Å²) in [5.41, 5.74) is -0.111. The molecular weight excluding hydrogens is 423 g/mol. The van der Waals surface area contributed by atoms with Crippen LogP contribution in [0.15, 0.2) is 18.2 Å². The van der Waals surface area contributed by atoms with E-state index in [9.17, 15) is 28.2 Å². The number of aliphatic hydroxyl groups excluding tert-OH is 2. The zero-order valence-corrected chi connectivity index (χ0v) is 18.2. The molecule has 0 radical (unpaired) electrons. The summed E-state index contributed by atoms with van der Waals surface area (Å²) in [6.07, 6.45) is -1.24. The van der Waals surface area contributed by atoms with Crippen molar-refractivity contribution in [3.8, 4) is 0 Å². The van der Waals surface area contributed by atoms with E-state index in [0.717, 1.165) is 31.9 Å². The second kappa shape index (κ2) is 9.19. The molecule has 2 saturated heterocycles. The van der Waals surface area contributed by atoms with E-state index in [1.807, 2.05) is 0 Å². The van der Waals surface area contributed by atoms with Gasteiger partial charge in [0, 0.05) is 50.8 Å². The van der Waals surface area contributed by atoms with Crippen LogP contribution in [0.1, 0.15) is 49.1 Å². The highest BCUT2D eigenvalue weighted by Gasteiger charge is 2.51. The van der Waals surface area contributed by atoms with E-state index in [1.54, 1.807) is 11.0 Å². The average molecular weight is 456 g/mol. The van der Waals surface area contributed by atoms with Crippen LogP contribution in [0.2, 0.25) is 0 Å². The number of carbonyl (C=O) groups excluding carboxylic acids is 1. The Morgan fingerprint density at radius 3 is 2.62 bits per heavy atom. The van der Waals surface area contributed by atoms with Gasteiger partial charge < -0.3 is 25.3 Å². The summed E-state index contributed by atoms with van der Waals surface area (Å²) in [5.74, 6) is -0.738. The van der Waals surface area contributed by atoms with Crippen molar-refractivity contribution in [2.45, 2.75) is 50.3 Å². The number of hydrogen-bond acceptors (Lipinski definition) is 5. The van der Waals surface area contributed by atoms with Gasteiger partial charge in [0.1, 0.15) is 0 Å². The summed E-state index contributed by atoms with van der Waals surface area (Å²) in [5, 5.41) is 23.0. The highest BCUT2D eigenvalue weighted by atomic mass is 19.4. The highest BCUT2D eigenvalue weighted by molar-refractivity contribution is 5.77. The largest absolute Gasteiger partial charge is 0.416 e. The number of amides is 1. The van der Waals surface area contributed by atoms with Gasteiger partial charge in [-0.3, -0.25) is 4.79 Å². The van der Waals surface area contributed by atoms with Crippen molar-refractivity contribution < 1.29 is 28.2 Å². The van der Waals surface area contributed by atoms with Crippen molar-refractivity contribution in [2.24, 2.45) is 5.41 Å². The fraction of sp³-hybridized carbons (Fsp3) is 0.696. The van der Waals surface area contributed by atoms with E-state index in [-0.39, 0.29) is 36.0 Å². The summed E-state index contributed by atoms with van der Waals surface area (Å²) >= 11 is 0.